The predicted octanol–water partition coefficient (Wildman–Crippen LogP) is 12.1. The van der Waals surface area contributed by atoms with Gasteiger partial charge in [0, 0.05) is 10.8 Å². The normalized spacial score (nSPS) is 26.4. The summed E-state index contributed by atoms with van der Waals surface area (Å²) in [7, 11) is 0. The molecule has 2 aromatic rings. The van der Waals surface area contributed by atoms with Gasteiger partial charge in [0.15, 0.2) is 12.6 Å². The minimum Gasteiger partial charge on any atom is -0.507 e. The molecule has 4 aliphatic carbocycles. The summed E-state index contributed by atoms with van der Waals surface area (Å²) in [5.74, 6) is 1.10. The molecule has 4 saturated carbocycles. The molecule has 2 saturated heterocycles. The molecule has 1 spiro atoms. The lowest BCUT2D eigenvalue weighted by Crippen LogP contribution is -2.57. The molecule has 2 aromatic carbocycles. The number of esters is 2. The van der Waals surface area contributed by atoms with Crippen molar-refractivity contribution in [1.82, 2.24) is 0 Å². The number of phenols is 2. The molecule has 348 valence electrons. The van der Waals surface area contributed by atoms with E-state index in [2.05, 4.69) is 0 Å². The molecule has 8 rings (SSSR count). The summed E-state index contributed by atoms with van der Waals surface area (Å²) >= 11 is 0. The number of hydrogen-bond donors (Lipinski definition) is 2. The molecule has 2 aliphatic heterocycles. The third kappa shape index (κ3) is 10.8. The fourth-order valence-electron chi connectivity index (χ4n) is 11.6. The number of aromatic hydroxyl groups is 2. The Morgan fingerprint density at radius 3 is 1.00 bits per heavy atom. The maximum absolute atomic E-state index is 13.8. The molecule has 0 amide bonds. The topological polar surface area (TPSA) is 130 Å². The van der Waals surface area contributed by atoms with Gasteiger partial charge in [-0.15, -0.1) is 0 Å². The van der Waals surface area contributed by atoms with Crippen molar-refractivity contribution in [2.75, 3.05) is 39.6 Å². The van der Waals surface area contributed by atoms with Gasteiger partial charge in [-0.05, 0) is 122 Å². The maximum atomic E-state index is 13.8. The SMILES string of the molecule is CC(C)(COC(=O)c1cc(C2CCCCC2)c(O)c(C2CCCCC2)c1)C1OCC2(CO1)COC(C(C)(C)COC(=O)c1cc(C3CCCCC3)c(O)c(C3CCCCC3)c1)OC2. The van der Waals surface area contributed by atoms with Crippen molar-refractivity contribution in [2.45, 2.75) is 192 Å². The van der Waals surface area contributed by atoms with Crippen molar-refractivity contribution in [3.05, 3.63) is 57.6 Å². The highest BCUT2D eigenvalue weighted by atomic mass is 16.7. The summed E-state index contributed by atoms with van der Waals surface area (Å²) in [4.78, 5) is 27.5. The lowest BCUT2D eigenvalue weighted by molar-refractivity contribution is -0.336. The van der Waals surface area contributed by atoms with Gasteiger partial charge in [-0.1, -0.05) is 105 Å². The van der Waals surface area contributed by atoms with Gasteiger partial charge in [-0.2, -0.15) is 0 Å². The lowest BCUT2D eigenvalue weighted by atomic mass is 9.78. The molecule has 0 radical (unpaired) electrons. The van der Waals surface area contributed by atoms with Gasteiger partial charge in [0.1, 0.15) is 24.7 Å². The Balaban J connectivity index is 0.839. The van der Waals surface area contributed by atoms with Gasteiger partial charge in [-0.25, -0.2) is 9.59 Å². The zero-order valence-corrected chi connectivity index (χ0v) is 38.8. The molecule has 2 N–H and O–H groups in total. The fraction of sp³-hybridized carbons (Fsp3) is 0.736. The first-order valence-electron chi connectivity index (χ1n) is 24.9. The van der Waals surface area contributed by atoms with Gasteiger partial charge in [0.2, 0.25) is 0 Å². The molecule has 0 aromatic heterocycles. The third-order valence-corrected chi connectivity index (χ3v) is 15.6. The highest BCUT2D eigenvalue weighted by molar-refractivity contribution is 5.91. The quantitative estimate of drug-likeness (QED) is 0.199. The standard InChI is InChI=1S/C53H76O10/c1-51(2,29-58-47(56)39-25-41(35-17-9-5-10-18-35)45(54)42(26-39)36-19-11-6-12-20-36)49-60-31-53(32-61-49)33-62-50(63-34-53)52(3,4)30-59-48(57)40-27-43(37-21-13-7-14-22-37)46(55)44(28-40)38-23-15-8-16-24-38/h25-28,35-38,49-50,54-55H,5-24,29-34H2,1-4H3. The Morgan fingerprint density at radius 2 is 0.746 bits per heavy atom. The summed E-state index contributed by atoms with van der Waals surface area (Å²) in [5, 5.41) is 23.1. The number of carbonyl (C=O) groups is 2. The molecule has 6 fully saturated rings. The highest BCUT2D eigenvalue weighted by Gasteiger charge is 2.48. The highest BCUT2D eigenvalue weighted by Crippen LogP contribution is 2.47. The van der Waals surface area contributed by atoms with Crippen LogP contribution in [0.1, 0.15) is 223 Å². The Kier molecular flexibility index (Phi) is 14.8. The number of hydrogen-bond acceptors (Lipinski definition) is 10. The van der Waals surface area contributed by atoms with E-state index in [1.165, 1.54) is 25.7 Å². The van der Waals surface area contributed by atoms with E-state index in [1.54, 1.807) is 0 Å². The molecule has 6 aliphatic rings. The van der Waals surface area contributed by atoms with Crippen LogP contribution < -0.4 is 0 Å². The summed E-state index contributed by atoms with van der Waals surface area (Å²) in [6.07, 6.45) is 21.1. The molecule has 0 bridgehead atoms. The Morgan fingerprint density at radius 1 is 0.492 bits per heavy atom. The zero-order chi connectivity index (χ0) is 44.2. The Labute approximate surface area is 376 Å². The van der Waals surface area contributed by atoms with Crippen LogP contribution in [0.25, 0.3) is 0 Å². The monoisotopic (exact) mass is 873 g/mol. The second-order valence-electron chi connectivity index (χ2n) is 21.9. The maximum Gasteiger partial charge on any atom is 0.338 e. The second-order valence-corrected chi connectivity index (χ2v) is 21.9. The van der Waals surface area contributed by atoms with Crippen molar-refractivity contribution < 1.29 is 48.2 Å². The van der Waals surface area contributed by atoms with Crippen LogP contribution in [0, 0.1) is 16.2 Å². The Bertz CT molecular complexity index is 1640. The van der Waals surface area contributed by atoms with Crippen LogP contribution in [-0.2, 0) is 28.4 Å². The van der Waals surface area contributed by atoms with Crippen LogP contribution in [0.4, 0.5) is 0 Å². The summed E-state index contributed by atoms with van der Waals surface area (Å²) in [6, 6.07) is 7.56. The van der Waals surface area contributed by atoms with Gasteiger partial charge >= 0.3 is 11.9 Å². The molecule has 10 nitrogen and oxygen atoms in total. The van der Waals surface area contributed by atoms with Crippen molar-refractivity contribution in [3.8, 4) is 11.5 Å². The van der Waals surface area contributed by atoms with Gasteiger partial charge in [-0.3, -0.25) is 0 Å². The molecule has 2 heterocycles. The lowest BCUT2D eigenvalue weighted by Gasteiger charge is -2.48. The molecular weight excluding hydrogens is 797 g/mol. The van der Waals surface area contributed by atoms with E-state index in [4.69, 9.17) is 28.4 Å². The van der Waals surface area contributed by atoms with Crippen LogP contribution >= 0.6 is 0 Å². The minimum absolute atomic E-state index is 0.109. The fourth-order valence-corrected chi connectivity index (χ4v) is 11.6. The van der Waals surface area contributed by atoms with Crippen LogP contribution in [0.2, 0.25) is 0 Å². The van der Waals surface area contributed by atoms with Crippen molar-refractivity contribution in [2.24, 2.45) is 16.2 Å². The number of ether oxygens (including phenoxy) is 6. The molecule has 10 heteroatoms. The zero-order valence-electron chi connectivity index (χ0n) is 38.8. The first-order valence-corrected chi connectivity index (χ1v) is 24.9. The Hall–Kier alpha value is -3.18. The number of benzene rings is 2. The van der Waals surface area contributed by atoms with Gasteiger partial charge < -0.3 is 38.6 Å². The van der Waals surface area contributed by atoms with Crippen LogP contribution in [0.15, 0.2) is 24.3 Å². The third-order valence-electron chi connectivity index (χ3n) is 15.6. The predicted molar refractivity (Wildman–Crippen MR) is 241 cm³/mol. The van der Waals surface area contributed by atoms with E-state index in [9.17, 15) is 19.8 Å². The average molecular weight is 873 g/mol. The van der Waals surface area contributed by atoms with Crippen molar-refractivity contribution in [3.63, 3.8) is 0 Å². The largest absolute Gasteiger partial charge is 0.507 e. The van der Waals surface area contributed by atoms with Crippen molar-refractivity contribution >= 4 is 11.9 Å². The summed E-state index contributed by atoms with van der Waals surface area (Å²) < 4.78 is 37.5. The number of carbonyl (C=O) groups excluding carboxylic acids is 2. The van der Waals surface area contributed by atoms with E-state index in [0.717, 1.165) is 125 Å². The average Bonchev–Trinajstić information content (AvgIpc) is 3.31. The van der Waals surface area contributed by atoms with Gasteiger partial charge in [0.25, 0.3) is 0 Å². The second kappa shape index (κ2) is 20.1. The number of phenolic OH excluding ortho intramolecular Hbond substituents is 2. The van der Waals surface area contributed by atoms with Crippen LogP contribution in [0.3, 0.4) is 0 Å². The molecular formula is C53H76O10. The first-order chi connectivity index (χ1) is 30.3. The summed E-state index contributed by atoms with van der Waals surface area (Å²) in [6.45, 7) is 9.60. The molecule has 63 heavy (non-hydrogen) atoms. The minimum atomic E-state index is -0.636. The van der Waals surface area contributed by atoms with Crippen LogP contribution in [-0.4, -0.2) is 74.4 Å². The van der Waals surface area contributed by atoms with E-state index in [0.29, 0.717) is 49.1 Å². The van der Waals surface area contributed by atoms with E-state index in [-0.39, 0.29) is 48.8 Å². The smallest absolute Gasteiger partial charge is 0.338 e. The van der Waals surface area contributed by atoms with E-state index < -0.39 is 28.8 Å². The van der Waals surface area contributed by atoms with Gasteiger partial charge in [0.05, 0.1) is 43.0 Å². The molecule has 0 atom stereocenters. The summed E-state index contributed by atoms with van der Waals surface area (Å²) in [5.41, 5.74) is 2.92. The first kappa shape index (κ1) is 46.4. The molecule has 0 unspecified atom stereocenters. The van der Waals surface area contributed by atoms with E-state index in [1.807, 2.05) is 52.0 Å². The van der Waals surface area contributed by atoms with E-state index >= 15 is 0 Å². The number of rotatable bonds is 12. The van der Waals surface area contributed by atoms with Crippen LogP contribution in [0.5, 0.6) is 11.5 Å². The van der Waals surface area contributed by atoms with Crippen molar-refractivity contribution in [1.29, 1.82) is 0 Å².